The van der Waals surface area contributed by atoms with Crippen LogP contribution in [0.5, 0.6) is 0 Å². The molecule has 0 fully saturated rings. The molecule has 1 N–H and O–H groups in total. The third kappa shape index (κ3) is 9.17. The van der Waals surface area contributed by atoms with Gasteiger partial charge in [-0.1, -0.05) is 114 Å². The fraction of sp³-hybridized carbons (Fsp3) is 0.235. The van der Waals surface area contributed by atoms with Gasteiger partial charge in [0.2, 0.25) is 11.8 Å². The van der Waals surface area contributed by atoms with E-state index in [2.05, 4.69) is 5.32 Å². The van der Waals surface area contributed by atoms with Gasteiger partial charge in [-0.2, -0.15) is 0 Å². The molecule has 7 nitrogen and oxygen atoms in total. The normalized spacial score (nSPS) is 11.9. The second kappa shape index (κ2) is 16.5. The highest BCUT2D eigenvalue weighted by molar-refractivity contribution is 7.92. The van der Waals surface area contributed by atoms with Crippen molar-refractivity contribution in [1.29, 1.82) is 0 Å². The van der Waals surface area contributed by atoms with Crippen molar-refractivity contribution in [1.82, 2.24) is 10.2 Å². The lowest BCUT2D eigenvalue weighted by Crippen LogP contribution is -2.53. The van der Waals surface area contributed by atoms with Crippen LogP contribution in [0.3, 0.4) is 0 Å². The first-order chi connectivity index (χ1) is 22.0. The summed E-state index contributed by atoms with van der Waals surface area (Å²) < 4.78 is 29.1. The van der Waals surface area contributed by atoms with Crippen molar-refractivity contribution in [3.63, 3.8) is 0 Å². The Kier molecular flexibility index (Phi) is 12.8. The van der Waals surface area contributed by atoms with Crippen LogP contribution in [0.4, 0.5) is 5.69 Å². The molecule has 0 spiro atoms. The van der Waals surface area contributed by atoms with Gasteiger partial charge in [-0.25, -0.2) is 8.42 Å². The van der Waals surface area contributed by atoms with E-state index in [-0.39, 0.29) is 34.5 Å². The van der Waals surface area contributed by atoms with Gasteiger partial charge in [-0.3, -0.25) is 13.9 Å². The number of carbonyl (C=O) groups excluding carboxylic acids is 2. The van der Waals surface area contributed by atoms with Gasteiger partial charge in [0, 0.05) is 34.6 Å². The molecule has 4 aromatic carbocycles. The van der Waals surface area contributed by atoms with Crippen LogP contribution in [0.15, 0.2) is 102 Å². The Morgan fingerprint density at radius 3 is 2.02 bits per heavy atom. The van der Waals surface area contributed by atoms with Gasteiger partial charge in [0.1, 0.15) is 12.6 Å². The maximum Gasteiger partial charge on any atom is 0.264 e. The van der Waals surface area contributed by atoms with Crippen molar-refractivity contribution in [2.24, 2.45) is 0 Å². The topological polar surface area (TPSA) is 86.8 Å². The van der Waals surface area contributed by atoms with E-state index in [1.807, 2.05) is 37.3 Å². The highest BCUT2D eigenvalue weighted by Crippen LogP contribution is 2.33. The average Bonchev–Trinajstić information content (AvgIpc) is 3.03. The first kappa shape index (κ1) is 35.6. The largest absolute Gasteiger partial charge is 0.354 e. The zero-order valence-electron chi connectivity index (χ0n) is 25.0. The Hall–Kier alpha value is -3.27. The third-order valence-electron chi connectivity index (χ3n) is 7.24. The number of carbonyl (C=O) groups is 2. The molecule has 0 aromatic heterocycles. The van der Waals surface area contributed by atoms with E-state index in [0.717, 1.165) is 22.7 Å². The number of hydrogen-bond donors (Lipinski definition) is 1. The predicted molar refractivity (Wildman–Crippen MR) is 186 cm³/mol. The maximum atomic E-state index is 14.5. The van der Waals surface area contributed by atoms with Crippen LogP contribution in [-0.4, -0.2) is 44.3 Å². The minimum atomic E-state index is -4.31. The maximum absolute atomic E-state index is 14.5. The molecular weight excluding hydrogens is 688 g/mol. The van der Waals surface area contributed by atoms with Gasteiger partial charge in [0.15, 0.2) is 0 Å². The lowest BCUT2D eigenvalue weighted by Gasteiger charge is -2.34. The fourth-order valence-corrected chi connectivity index (χ4v) is 7.29. The molecule has 0 saturated heterocycles. The summed E-state index contributed by atoms with van der Waals surface area (Å²) in [5.74, 6) is -1.03. The van der Waals surface area contributed by atoms with Gasteiger partial charge < -0.3 is 10.2 Å². The Morgan fingerprint density at radius 1 is 0.804 bits per heavy atom. The number of anilines is 1. The quantitative estimate of drug-likeness (QED) is 0.134. The van der Waals surface area contributed by atoms with E-state index in [4.69, 9.17) is 46.4 Å². The van der Waals surface area contributed by atoms with E-state index >= 15 is 0 Å². The standard InChI is InChI=1S/C34H33Cl4N3O4S/c1-2-3-18-39-34(43)32(19-24-10-6-4-7-11-24)40(22-25-14-15-26(35)20-29(25)37)33(42)23-41(31-17-16-27(36)21-30(31)38)46(44,45)28-12-8-5-9-13-28/h4-17,20-21,32H,2-3,18-19,22-23H2,1H3,(H,39,43)/t32-/m1/s1. The molecule has 0 radical (unpaired) electrons. The second-order valence-electron chi connectivity index (χ2n) is 10.5. The van der Waals surface area contributed by atoms with E-state index in [1.165, 1.54) is 35.2 Å². The monoisotopic (exact) mass is 719 g/mol. The van der Waals surface area contributed by atoms with Crippen LogP contribution in [0.2, 0.25) is 20.1 Å². The van der Waals surface area contributed by atoms with Crippen LogP contribution in [0, 0.1) is 0 Å². The number of halogens is 4. The summed E-state index contributed by atoms with van der Waals surface area (Å²) in [6.45, 7) is 1.66. The number of hydrogen-bond acceptors (Lipinski definition) is 4. The highest BCUT2D eigenvalue weighted by Gasteiger charge is 2.35. The molecule has 0 saturated carbocycles. The van der Waals surface area contributed by atoms with Crippen molar-refractivity contribution in [2.75, 3.05) is 17.4 Å². The Bertz CT molecular complexity index is 1760. The lowest BCUT2D eigenvalue weighted by atomic mass is 10.0. The SMILES string of the molecule is CCCCNC(=O)[C@@H](Cc1ccccc1)N(Cc1ccc(Cl)cc1Cl)C(=O)CN(c1ccc(Cl)cc1Cl)S(=O)(=O)c1ccccc1. The highest BCUT2D eigenvalue weighted by atomic mass is 35.5. The van der Waals surface area contributed by atoms with E-state index in [1.54, 1.807) is 36.4 Å². The molecule has 0 heterocycles. The van der Waals surface area contributed by atoms with E-state index < -0.39 is 28.5 Å². The molecule has 4 aromatic rings. The number of benzene rings is 4. The minimum absolute atomic E-state index is 0.0326. The fourth-order valence-electron chi connectivity index (χ4n) is 4.81. The van der Waals surface area contributed by atoms with Crippen LogP contribution in [0.1, 0.15) is 30.9 Å². The first-order valence-electron chi connectivity index (χ1n) is 14.6. The molecule has 0 aliphatic heterocycles. The van der Waals surface area contributed by atoms with Gasteiger partial charge in [-0.05, 0) is 60.0 Å². The summed E-state index contributed by atoms with van der Waals surface area (Å²) in [6.07, 6.45) is 1.78. The lowest BCUT2D eigenvalue weighted by molar-refractivity contribution is -0.140. The van der Waals surface area contributed by atoms with Gasteiger partial charge in [0.05, 0.1) is 15.6 Å². The van der Waals surface area contributed by atoms with Gasteiger partial charge >= 0.3 is 0 Å². The van der Waals surface area contributed by atoms with Gasteiger partial charge in [0.25, 0.3) is 10.0 Å². The number of nitrogens with one attached hydrogen (secondary N) is 1. The van der Waals surface area contributed by atoms with Crippen LogP contribution < -0.4 is 9.62 Å². The summed E-state index contributed by atoms with van der Waals surface area (Å²) in [7, 11) is -4.31. The summed E-state index contributed by atoms with van der Waals surface area (Å²) in [5, 5.41) is 3.98. The average molecular weight is 722 g/mol. The van der Waals surface area contributed by atoms with Crippen LogP contribution in [-0.2, 0) is 32.6 Å². The van der Waals surface area contributed by atoms with Gasteiger partial charge in [-0.15, -0.1) is 0 Å². The Labute approximate surface area is 290 Å². The first-order valence-corrected chi connectivity index (χ1v) is 17.5. The summed E-state index contributed by atoms with van der Waals surface area (Å²) in [5.41, 5.74) is 1.40. The molecule has 2 amide bonds. The summed E-state index contributed by atoms with van der Waals surface area (Å²) >= 11 is 25.4. The molecular formula is C34H33Cl4N3O4S. The number of nitrogens with zero attached hydrogens (tertiary/aromatic N) is 2. The van der Waals surface area contributed by atoms with Crippen molar-refractivity contribution in [2.45, 2.75) is 43.7 Å². The van der Waals surface area contributed by atoms with Crippen molar-refractivity contribution in [3.8, 4) is 0 Å². The van der Waals surface area contributed by atoms with Crippen LogP contribution in [0.25, 0.3) is 0 Å². The van der Waals surface area contributed by atoms with E-state index in [0.29, 0.717) is 27.2 Å². The van der Waals surface area contributed by atoms with E-state index in [9.17, 15) is 18.0 Å². The van der Waals surface area contributed by atoms with Crippen molar-refractivity contribution in [3.05, 3.63) is 128 Å². The third-order valence-corrected chi connectivity index (χ3v) is 10.1. The molecule has 0 unspecified atom stereocenters. The number of sulfonamides is 1. The van der Waals surface area contributed by atoms with Crippen molar-refractivity contribution >= 4 is 73.9 Å². The Balaban J connectivity index is 1.83. The predicted octanol–water partition coefficient (Wildman–Crippen LogP) is 8.05. The minimum Gasteiger partial charge on any atom is -0.354 e. The zero-order valence-corrected chi connectivity index (χ0v) is 28.8. The number of amides is 2. The number of unbranched alkanes of at least 4 members (excludes halogenated alkanes) is 1. The molecule has 0 bridgehead atoms. The number of rotatable bonds is 14. The molecule has 46 heavy (non-hydrogen) atoms. The van der Waals surface area contributed by atoms with Crippen molar-refractivity contribution < 1.29 is 18.0 Å². The zero-order chi connectivity index (χ0) is 33.3. The molecule has 242 valence electrons. The Morgan fingerprint density at radius 2 is 1.41 bits per heavy atom. The molecule has 0 aliphatic carbocycles. The van der Waals surface area contributed by atoms with Crippen LogP contribution >= 0.6 is 46.4 Å². The smallest absolute Gasteiger partial charge is 0.264 e. The second-order valence-corrected chi connectivity index (χ2v) is 14.1. The molecule has 4 rings (SSSR count). The molecule has 1 atom stereocenters. The molecule has 12 heteroatoms. The summed E-state index contributed by atoms with van der Waals surface area (Å²) in [6, 6.07) is 25.2. The molecule has 0 aliphatic rings. The summed E-state index contributed by atoms with van der Waals surface area (Å²) in [4.78, 5) is 29.7.